The molecule has 10 N–H and O–H groups in total. The molecule has 1 rings (SSSR count). The number of nitrogens with zero attached hydrogens (tertiary/aromatic N) is 2. The molecule has 5 atom stereocenters. The van der Waals surface area contributed by atoms with Crippen LogP contribution in [0.15, 0.2) is 12.4 Å². The molecular formula is C12H23N5O4. The van der Waals surface area contributed by atoms with Gasteiger partial charge in [0.1, 0.15) is 0 Å². The van der Waals surface area contributed by atoms with Gasteiger partial charge in [-0.25, -0.2) is 0 Å². The lowest BCUT2D eigenvalue weighted by molar-refractivity contribution is 0.0853. The number of nitrogens with two attached hydrogens (primary N) is 3. The maximum absolute atomic E-state index is 9.80. The topological polar surface area (TPSA) is 185 Å². The van der Waals surface area contributed by atoms with Crippen LogP contribution in [-0.4, -0.2) is 67.9 Å². The van der Waals surface area contributed by atoms with Crippen molar-refractivity contribution in [1.29, 1.82) is 0 Å². The average Bonchev–Trinajstić information content (AvgIpc) is 2.52. The Labute approximate surface area is 122 Å². The van der Waals surface area contributed by atoms with Crippen molar-refractivity contribution in [1.82, 2.24) is 9.97 Å². The zero-order chi connectivity index (χ0) is 16.0. The number of aliphatic hydroxyl groups is 4. The van der Waals surface area contributed by atoms with Gasteiger partial charge in [-0.15, -0.1) is 0 Å². The van der Waals surface area contributed by atoms with Crippen LogP contribution in [0.5, 0.6) is 0 Å². The van der Waals surface area contributed by atoms with Gasteiger partial charge < -0.3 is 37.6 Å². The van der Waals surface area contributed by atoms with Crippen molar-refractivity contribution in [2.75, 3.05) is 13.2 Å². The first-order chi connectivity index (χ1) is 9.90. The fourth-order valence-corrected chi connectivity index (χ4v) is 1.68. The van der Waals surface area contributed by atoms with Crippen molar-refractivity contribution in [3.05, 3.63) is 23.8 Å². The van der Waals surface area contributed by atoms with Gasteiger partial charge in [0.25, 0.3) is 0 Å². The summed E-state index contributed by atoms with van der Waals surface area (Å²) < 4.78 is 0. The lowest BCUT2D eigenvalue weighted by Crippen LogP contribution is -2.44. The number of aliphatic hydroxyl groups excluding tert-OH is 4. The summed E-state index contributed by atoms with van der Waals surface area (Å²) in [5, 5.41) is 37.2. The van der Waals surface area contributed by atoms with Crippen LogP contribution in [-0.2, 0) is 6.42 Å². The second-order valence-electron chi connectivity index (χ2n) is 4.91. The van der Waals surface area contributed by atoms with Crippen LogP contribution in [0.4, 0.5) is 0 Å². The molecule has 1 heterocycles. The minimum atomic E-state index is -1.15. The molecular weight excluding hydrogens is 278 g/mol. The molecule has 0 saturated carbocycles. The van der Waals surface area contributed by atoms with Gasteiger partial charge in [0.05, 0.1) is 61.1 Å². The van der Waals surface area contributed by atoms with Crippen molar-refractivity contribution < 1.29 is 20.4 Å². The van der Waals surface area contributed by atoms with Crippen LogP contribution in [0.3, 0.4) is 0 Å². The van der Waals surface area contributed by atoms with Gasteiger partial charge in [0, 0.05) is 12.6 Å². The minimum Gasteiger partial charge on any atom is -0.395 e. The van der Waals surface area contributed by atoms with E-state index in [0.717, 1.165) is 0 Å². The van der Waals surface area contributed by atoms with Gasteiger partial charge in [-0.05, 0) is 0 Å². The molecule has 0 radical (unpaired) electrons. The molecule has 120 valence electrons. The second kappa shape index (κ2) is 8.29. The van der Waals surface area contributed by atoms with Crippen LogP contribution in [0.2, 0.25) is 0 Å². The van der Waals surface area contributed by atoms with E-state index in [0.29, 0.717) is 11.4 Å². The van der Waals surface area contributed by atoms with Gasteiger partial charge in [-0.1, -0.05) is 0 Å². The Bertz CT molecular complexity index is 419. The monoisotopic (exact) mass is 301 g/mol. The summed E-state index contributed by atoms with van der Waals surface area (Å²) in [5.41, 5.74) is 17.6. The molecule has 0 aliphatic rings. The first-order valence-corrected chi connectivity index (χ1v) is 6.56. The smallest absolute Gasteiger partial charge is 0.0921 e. The summed E-state index contributed by atoms with van der Waals surface area (Å²) in [7, 11) is 0. The van der Waals surface area contributed by atoms with E-state index in [1.54, 1.807) is 0 Å². The van der Waals surface area contributed by atoms with Gasteiger partial charge in [0.15, 0.2) is 0 Å². The Balaban J connectivity index is 2.69. The fraction of sp³-hybridized carbons (Fsp3) is 0.667. The van der Waals surface area contributed by atoms with Crippen LogP contribution in [0.25, 0.3) is 0 Å². The Morgan fingerprint density at radius 1 is 0.952 bits per heavy atom. The van der Waals surface area contributed by atoms with Gasteiger partial charge in [-0.2, -0.15) is 0 Å². The molecule has 0 amide bonds. The van der Waals surface area contributed by atoms with Crippen LogP contribution in [0, 0.1) is 0 Å². The second-order valence-corrected chi connectivity index (χ2v) is 4.91. The Kier molecular flexibility index (Phi) is 7.05. The molecule has 9 heteroatoms. The van der Waals surface area contributed by atoms with Crippen molar-refractivity contribution >= 4 is 0 Å². The highest BCUT2D eigenvalue weighted by Crippen LogP contribution is 2.13. The van der Waals surface area contributed by atoms with Gasteiger partial charge in [-0.3, -0.25) is 9.97 Å². The lowest BCUT2D eigenvalue weighted by atomic mass is 10.0. The normalized spacial score (nSPS) is 18.8. The van der Waals surface area contributed by atoms with E-state index in [1.807, 2.05) is 0 Å². The molecule has 9 nitrogen and oxygen atoms in total. The fourth-order valence-electron chi connectivity index (χ4n) is 1.68. The number of rotatable bonds is 8. The molecule has 0 aromatic carbocycles. The van der Waals surface area contributed by atoms with Crippen molar-refractivity contribution in [3.8, 4) is 0 Å². The summed E-state index contributed by atoms with van der Waals surface area (Å²) >= 11 is 0. The predicted molar refractivity (Wildman–Crippen MR) is 74.8 cm³/mol. The third-order valence-electron chi connectivity index (χ3n) is 3.21. The number of aromatic nitrogens is 2. The Morgan fingerprint density at radius 3 is 2.05 bits per heavy atom. The molecule has 21 heavy (non-hydrogen) atoms. The molecule has 1 aromatic heterocycles. The molecule has 0 bridgehead atoms. The minimum absolute atomic E-state index is 0.142. The van der Waals surface area contributed by atoms with E-state index in [4.69, 9.17) is 27.4 Å². The quantitative estimate of drug-likeness (QED) is 0.254. The SMILES string of the molecule is N[C@@H](CO)[C@@H](O)[C@@H](N)c1cnc(C[C@H](O)[C@@H](N)CO)cn1. The summed E-state index contributed by atoms with van der Waals surface area (Å²) in [5.74, 6) is 0. The third-order valence-corrected chi connectivity index (χ3v) is 3.21. The van der Waals surface area contributed by atoms with E-state index in [9.17, 15) is 10.2 Å². The summed E-state index contributed by atoms with van der Waals surface area (Å²) in [6.07, 6.45) is 0.827. The maximum atomic E-state index is 9.80. The molecule has 0 saturated heterocycles. The zero-order valence-corrected chi connectivity index (χ0v) is 11.6. The molecule has 0 unspecified atom stereocenters. The van der Waals surface area contributed by atoms with Gasteiger partial charge in [0.2, 0.25) is 0 Å². The Hall–Kier alpha value is -1.20. The van der Waals surface area contributed by atoms with Crippen LogP contribution < -0.4 is 17.2 Å². The highest BCUT2D eigenvalue weighted by atomic mass is 16.3. The first-order valence-electron chi connectivity index (χ1n) is 6.56. The average molecular weight is 301 g/mol. The van der Waals surface area contributed by atoms with E-state index in [2.05, 4.69) is 9.97 Å². The predicted octanol–water partition coefficient (Wildman–Crippen LogP) is -3.62. The standard InChI is InChI=1S/C12H23N5O4/c13-7(4-18)10(20)1-6-2-17-9(3-16-6)11(15)12(21)8(14)5-19/h2-3,7-8,10-12,18-21H,1,4-5,13-15H2/t7-,8-,10-,11-,12+/m0/s1. The molecule has 0 aliphatic carbocycles. The molecule has 0 fully saturated rings. The number of hydrogen-bond acceptors (Lipinski definition) is 9. The summed E-state index contributed by atoms with van der Waals surface area (Å²) in [6, 6.07) is -2.50. The summed E-state index contributed by atoms with van der Waals surface area (Å²) in [4.78, 5) is 8.13. The van der Waals surface area contributed by atoms with Crippen molar-refractivity contribution in [2.24, 2.45) is 17.2 Å². The zero-order valence-electron chi connectivity index (χ0n) is 11.6. The molecule has 1 aromatic rings. The van der Waals surface area contributed by atoms with E-state index >= 15 is 0 Å². The third kappa shape index (κ3) is 4.93. The highest BCUT2D eigenvalue weighted by molar-refractivity contribution is 5.09. The summed E-state index contributed by atoms with van der Waals surface area (Å²) in [6.45, 7) is -0.728. The van der Waals surface area contributed by atoms with E-state index in [1.165, 1.54) is 12.4 Å². The Morgan fingerprint density at radius 2 is 1.57 bits per heavy atom. The lowest BCUT2D eigenvalue weighted by Gasteiger charge is -2.22. The molecule has 0 aliphatic heterocycles. The van der Waals surface area contributed by atoms with Gasteiger partial charge >= 0.3 is 0 Å². The highest BCUT2D eigenvalue weighted by Gasteiger charge is 2.24. The van der Waals surface area contributed by atoms with E-state index in [-0.39, 0.29) is 13.0 Å². The maximum Gasteiger partial charge on any atom is 0.0921 e. The van der Waals surface area contributed by atoms with Crippen molar-refractivity contribution in [3.63, 3.8) is 0 Å². The van der Waals surface area contributed by atoms with Crippen LogP contribution in [0.1, 0.15) is 17.4 Å². The molecule has 0 spiro atoms. The van der Waals surface area contributed by atoms with Crippen molar-refractivity contribution in [2.45, 2.75) is 36.8 Å². The van der Waals surface area contributed by atoms with E-state index < -0.39 is 36.9 Å². The first kappa shape index (κ1) is 17.9. The van der Waals surface area contributed by atoms with Crippen LogP contribution >= 0.6 is 0 Å². The largest absolute Gasteiger partial charge is 0.395 e. The number of hydrogen-bond donors (Lipinski definition) is 7.